The van der Waals surface area contributed by atoms with Crippen LogP contribution in [0.25, 0.3) is 0 Å². The minimum absolute atomic E-state index is 0.0111. The molecule has 0 fully saturated rings. The van der Waals surface area contributed by atoms with Gasteiger partial charge < -0.3 is 0 Å². The molecule has 0 spiro atoms. The molecule has 0 bridgehead atoms. The fourth-order valence-corrected chi connectivity index (χ4v) is 2.38. The van der Waals surface area contributed by atoms with Crippen LogP contribution in [0, 0.1) is 0 Å². The lowest BCUT2D eigenvalue weighted by Gasteiger charge is -2.29. The molecule has 1 aliphatic rings. The molecule has 78 valence electrons. The van der Waals surface area contributed by atoms with Crippen molar-refractivity contribution in [2.75, 3.05) is 0 Å². The predicted molar refractivity (Wildman–Crippen MR) is 61.5 cm³/mol. The van der Waals surface area contributed by atoms with Gasteiger partial charge in [0.15, 0.2) is 0 Å². The van der Waals surface area contributed by atoms with Crippen LogP contribution in [0.15, 0.2) is 41.6 Å². The number of hydrogen-bond acceptors (Lipinski definition) is 2. The summed E-state index contributed by atoms with van der Waals surface area (Å²) in [6, 6.07) is 4.00. The topological polar surface area (TPSA) is 25.8 Å². The quantitative estimate of drug-likeness (QED) is 0.696. The zero-order valence-corrected chi connectivity index (χ0v) is 9.49. The normalized spacial score (nSPS) is 25.8. The third kappa shape index (κ3) is 1.99. The van der Waals surface area contributed by atoms with Crippen LogP contribution < -0.4 is 0 Å². The van der Waals surface area contributed by atoms with Gasteiger partial charge in [0.1, 0.15) is 0 Å². The summed E-state index contributed by atoms with van der Waals surface area (Å²) < 4.78 is 0. The van der Waals surface area contributed by atoms with Crippen molar-refractivity contribution in [2.24, 2.45) is 0 Å². The smallest absolute Gasteiger partial charge is 0.0731 e. The van der Waals surface area contributed by atoms with Gasteiger partial charge in [-0.25, -0.2) is 0 Å². The van der Waals surface area contributed by atoms with E-state index in [4.69, 9.17) is 0 Å². The number of rotatable bonds is 1. The molecule has 0 radical (unpaired) electrons. The van der Waals surface area contributed by atoms with E-state index in [-0.39, 0.29) is 5.41 Å². The Morgan fingerprint density at radius 2 is 2.13 bits per heavy atom. The molecule has 2 rings (SSSR count). The van der Waals surface area contributed by atoms with Gasteiger partial charge in [0, 0.05) is 11.6 Å². The van der Waals surface area contributed by atoms with Gasteiger partial charge in [-0.15, -0.1) is 0 Å². The van der Waals surface area contributed by atoms with Crippen molar-refractivity contribution in [1.82, 2.24) is 10.2 Å². The molecule has 0 N–H and O–H groups in total. The van der Waals surface area contributed by atoms with E-state index < -0.39 is 0 Å². The molecule has 0 aliphatic heterocycles. The second kappa shape index (κ2) is 3.61. The Labute approximate surface area is 90.7 Å². The lowest BCUT2D eigenvalue weighted by atomic mass is 9.76. The summed E-state index contributed by atoms with van der Waals surface area (Å²) in [4.78, 5) is 0. The van der Waals surface area contributed by atoms with Crippen LogP contribution in [0.3, 0.4) is 0 Å². The van der Waals surface area contributed by atoms with Crippen LogP contribution in [0.1, 0.15) is 32.9 Å². The van der Waals surface area contributed by atoms with E-state index in [1.807, 2.05) is 6.07 Å². The standard InChI is InChI=1S/C13H16N2/c1-10-7-11(2)9-13(3,8-10)12-5-4-6-14-15-12/h4-8H,9H2,1-3H3. The first-order valence-electron chi connectivity index (χ1n) is 5.25. The Morgan fingerprint density at radius 3 is 2.73 bits per heavy atom. The molecular formula is C13H16N2. The minimum atomic E-state index is 0.0111. The fourth-order valence-electron chi connectivity index (χ4n) is 2.38. The maximum absolute atomic E-state index is 4.22. The van der Waals surface area contributed by atoms with Crippen LogP contribution in [0.2, 0.25) is 0 Å². The molecule has 15 heavy (non-hydrogen) atoms. The zero-order valence-electron chi connectivity index (χ0n) is 9.49. The van der Waals surface area contributed by atoms with Crippen molar-refractivity contribution < 1.29 is 0 Å². The third-order valence-electron chi connectivity index (χ3n) is 2.82. The lowest BCUT2D eigenvalue weighted by Crippen LogP contribution is -2.24. The summed E-state index contributed by atoms with van der Waals surface area (Å²) in [6.45, 7) is 6.53. The van der Waals surface area contributed by atoms with Crippen molar-refractivity contribution in [3.63, 3.8) is 0 Å². The Kier molecular flexibility index (Phi) is 2.43. The van der Waals surface area contributed by atoms with Gasteiger partial charge in [0.05, 0.1) is 5.69 Å². The van der Waals surface area contributed by atoms with E-state index in [1.165, 1.54) is 11.1 Å². The summed E-state index contributed by atoms with van der Waals surface area (Å²) in [5, 5.41) is 8.18. The molecule has 1 heterocycles. The molecule has 0 amide bonds. The van der Waals surface area contributed by atoms with Crippen molar-refractivity contribution in [1.29, 1.82) is 0 Å². The van der Waals surface area contributed by atoms with Crippen molar-refractivity contribution >= 4 is 0 Å². The van der Waals surface area contributed by atoms with E-state index in [0.29, 0.717) is 0 Å². The maximum Gasteiger partial charge on any atom is 0.0731 e. The molecule has 1 aliphatic carbocycles. The molecule has 0 saturated heterocycles. The monoisotopic (exact) mass is 200 g/mol. The third-order valence-corrected chi connectivity index (χ3v) is 2.82. The Morgan fingerprint density at radius 1 is 1.33 bits per heavy atom. The Hall–Kier alpha value is -1.44. The molecule has 1 atom stereocenters. The number of hydrogen-bond donors (Lipinski definition) is 0. The van der Waals surface area contributed by atoms with Crippen LogP contribution in [0.4, 0.5) is 0 Å². The van der Waals surface area contributed by atoms with Crippen molar-refractivity contribution in [3.05, 3.63) is 47.3 Å². The van der Waals surface area contributed by atoms with E-state index in [2.05, 4.69) is 49.2 Å². The van der Waals surface area contributed by atoms with Gasteiger partial charge in [0.25, 0.3) is 0 Å². The molecular weight excluding hydrogens is 184 g/mol. The average Bonchev–Trinajstić information content (AvgIpc) is 2.17. The first-order valence-corrected chi connectivity index (χ1v) is 5.25. The summed E-state index contributed by atoms with van der Waals surface area (Å²) in [5.74, 6) is 0. The molecule has 1 unspecified atom stereocenters. The molecule has 2 heteroatoms. The van der Waals surface area contributed by atoms with E-state index in [0.717, 1.165) is 12.1 Å². The molecule has 1 aromatic rings. The summed E-state index contributed by atoms with van der Waals surface area (Å²) in [7, 11) is 0. The van der Waals surface area contributed by atoms with Gasteiger partial charge in [-0.1, -0.05) is 30.2 Å². The molecule has 0 saturated carbocycles. The number of nitrogens with zero attached hydrogens (tertiary/aromatic N) is 2. The second-order valence-electron chi connectivity index (χ2n) is 4.58. The predicted octanol–water partition coefficient (Wildman–Crippen LogP) is 3.03. The molecule has 0 aromatic carbocycles. The van der Waals surface area contributed by atoms with Crippen LogP contribution in [-0.4, -0.2) is 10.2 Å². The highest BCUT2D eigenvalue weighted by atomic mass is 15.1. The highest BCUT2D eigenvalue weighted by molar-refractivity contribution is 5.37. The highest BCUT2D eigenvalue weighted by Gasteiger charge is 2.28. The molecule has 1 aromatic heterocycles. The van der Waals surface area contributed by atoms with E-state index >= 15 is 0 Å². The summed E-state index contributed by atoms with van der Waals surface area (Å²) >= 11 is 0. The number of aromatic nitrogens is 2. The van der Waals surface area contributed by atoms with Gasteiger partial charge >= 0.3 is 0 Å². The van der Waals surface area contributed by atoms with Crippen LogP contribution in [-0.2, 0) is 5.41 Å². The fraction of sp³-hybridized carbons (Fsp3) is 0.385. The SMILES string of the molecule is CC1=CC(C)(c2cccnn2)CC(C)=C1. The summed E-state index contributed by atoms with van der Waals surface area (Å²) in [6.07, 6.45) is 7.26. The second-order valence-corrected chi connectivity index (χ2v) is 4.58. The van der Waals surface area contributed by atoms with Crippen LogP contribution >= 0.6 is 0 Å². The van der Waals surface area contributed by atoms with Crippen molar-refractivity contribution in [2.45, 2.75) is 32.6 Å². The first-order chi connectivity index (χ1) is 7.10. The van der Waals surface area contributed by atoms with Gasteiger partial charge in [-0.05, 0) is 32.4 Å². The maximum atomic E-state index is 4.22. The Bertz CT molecular complexity index is 417. The average molecular weight is 200 g/mol. The largest absolute Gasteiger partial charge is 0.159 e. The lowest BCUT2D eigenvalue weighted by molar-refractivity contribution is 0.548. The Balaban J connectivity index is 2.42. The minimum Gasteiger partial charge on any atom is -0.159 e. The van der Waals surface area contributed by atoms with E-state index in [1.54, 1.807) is 6.20 Å². The molecule has 2 nitrogen and oxygen atoms in total. The van der Waals surface area contributed by atoms with Crippen molar-refractivity contribution in [3.8, 4) is 0 Å². The van der Waals surface area contributed by atoms with Gasteiger partial charge in [0.2, 0.25) is 0 Å². The van der Waals surface area contributed by atoms with Crippen LogP contribution in [0.5, 0.6) is 0 Å². The number of allylic oxidation sites excluding steroid dienone is 4. The van der Waals surface area contributed by atoms with Gasteiger partial charge in [-0.2, -0.15) is 10.2 Å². The highest BCUT2D eigenvalue weighted by Crippen LogP contribution is 2.35. The van der Waals surface area contributed by atoms with E-state index in [9.17, 15) is 0 Å². The zero-order chi connectivity index (χ0) is 10.9. The van der Waals surface area contributed by atoms with Gasteiger partial charge in [-0.3, -0.25) is 0 Å². The summed E-state index contributed by atoms with van der Waals surface area (Å²) in [5.41, 5.74) is 3.78. The first kappa shape index (κ1) is 10.1.